The van der Waals surface area contributed by atoms with Crippen LogP contribution in [0.25, 0.3) is 0 Å². The van der Waals surface area contributed by atoms with Gasteiger partial charge >= 0.3 is 0 Å². The first-order chi connectivity index (χ1) is 11.8. The zero-order valence-electron chi connectivity index (χ0n) is 14.2. The molecular weight excluding hydrogens is 294 g/mol. The summed E-state index contributed by atoms with van der Waals surface area (Å²) in [5.41, 5.74) is 1.91. The Balaban J connectivity index is 1.69. The van der Waals surface area contributed by atoms with Crippen LogP contribution >= 0.6 is 0 Å². The van der Waals surface area contributed by atoms with E-state index in [1.165, 1.54) is 24.8 Å². The number of nitrogens with zero attached hydrogens (tertiary/aromatic N) is 1. The fourth-order valence-corrected chi connectivity index (χ4v) is 4.84. The van der Waals surface area contributed by atoms with Crippen molar-refractivity contribution in [1.29, 1.82) is 0 Å². The van der Waals surface area contributed by atoms with Gasteiger partial charge in [0.05, 0.1) is 5.54 Å². The van der Waals surface area contributed by atoms with Crippen LogP contribution in [-0.4, -0.2) is 22.8 Å². The Kier molecular flexibility index (Phi) is 4.24. The highest BCUT2D eigenvalue weighted by molar-refractivity contribution is 6.03. The van der Waals surface area contributed by atoms with Crippen LogP contribution in [0.4, 0.5) is 0 Å². The molecule has 0 amide bonds. The molecule has 0 bridgehead atoms. The minimum absolute atomic E-state index is 0.282. The highest BCUT2D eigenvalue weighted by atomic mass is 16.1. The Morgan fingerprint density at radius 2 is 1.67 bits per heavy atom. The van der Waals surface area contributed by atoms with Crippen molar-refractivity contribution >= 4 is 5.78 Å². The second-order valence-corrected chi connectivity index (χ2v) is 7.26. The Morgan fingerprint density at radius 3 is 2.42 bits per heavy atom. The third-order valence-corrected chi connectivity index (χ3v) is 5.99. The fourth-order valence-electron chi connectivity index (χ4n) is 4.84. The summed E-state index contributed by atoms with van der Waals surface area (Å²) in [6, 6.07) is 20.5. The van der Waals surface area contributed by atoms with E-state index in [0.29, 0.717) is 11.7 Å². The van der Waals surface area contributed by atoms with Gasteiger partial charge in [0.15, 0.2) is 5.78 Å². The van der Waals surface area contributed by atoms with E-state index >= 15 is 0 Å². The number of carbonyl (C=O) groups excluding carboxylic acids is 1. The van der Waals surface area contributed by atoms with Gasteiger partial charge in [-0.3, -0.25) is 9.69 Å². The molecule has 2 aromatic carbocycles. The van der Waals surface area contributed by atoms with Gasteiger partial charge in [-0.05, 0) is 37.3 Å². The van der Waals surface area contributed by atoms with E-state index in [-0.39, 0.29) is 5.54 Å². The zero-order valence-corrected chi connectivity index (χ0v) is 14.2. The van der Waals surface area contributed by atoms with Gasteiger partial charge in [0.1, 0.15) is 0 Å². The number of Topliss-reactive ketones (excluding diaryl/α,β-unsaturated/α-hetero) is 1. The van der Waals surface area contributed by atoms with Gasteiger partial charge in [0.25, 0.3) is 0 Å². The van der Waals surface area contributed by atoms with E-state index in [9.17, 15) is 4.79 Å². The number of hydrogen-bond acceptors (Lipinski definition) is 2. The molecule has 2 fully saturated rings. The standard InChI is InChI=1S/C22H25NO/c24-21(19-11-5-2-6-12-19)22-15-8-7-13-20(22)14-16-23(22)17-18-9-3-1-4-10-18/h1-6,9-12,20H,7-8,13-17H2/t20-,22-/m0/s1. The van der Waals surface area contributed by atoms with Crippen LogP contribution in [0.1, 0.15) is 48.0 Å². The average molecular weight is 319 g/mol. The van der Waals surface area contributed by atoms with Crippen LogP contribution in [-0.2, 0) is 6.54 Å². The van der Waals surface area contributed by atoms with Gasteiger partial charge in [-0.15, -0.1) is 0 Å². The molecular formula is C22H25NO. The molecule has 1 saturated heterocycles. The Bertz CT molecular complexity index is 696. The highest BCUT2D eigenvalue weighted by Gasteiger charge is 2.54. The number of likely N-dealkylation sites (tertiary alicyclic amines) is 1. The maximum atomic E-state index is 13.6. The molecule has 0 radical (unpaired) electrons. The summed E-state index contributed by atoms with van der Waals surface area (Å²) in [5, 5.41) is 0. The van der Waals surface area contributed by atoms with Crippen molar-refractivity contribution in [2.45, 2.75) is 44.2 Å². The van der Waals surface area contributed by atoms with Crippen LogP contribution < -0.4 is 0 Å². The van der Waals surface area contributed by atoms with E-state index in [0.717, 1.165) is 31.5 Å². The van der Waals surface area contributed by atoms with E-state index in [1.807, 2.05) is 30.3 Å². The normalized spacial score (nSPS) is 26.9. The molecule has 0 spiro atoms. The summed E-state index contributed by atoms with van der Waals surface area (Å²) in [6.45, 7) is 1.92. The summed E-state index contributed by atoms with van der Waals surface area (Å²) in [4.78, 5) is 16.0. The summed E-state index contributed by atoms with van der Waals surface area (Å²) >= 11 is 0. The topological polar surface area (TPSA) is 20.3 Å². The zero-order chi connectivity index (χ0) is 16.4. The van der Waals surface area contributed by atoms with Crippen LogP contribution in [0.15, 0.2) is 60.7 Å². The van der Waals surface area contributed by atoms with E-state index in [4.69, 9.17) is 0 Å². The number of hydrogen-bond donors (Lipinski definition) is 0. The van der Waals surface area contributed by atoms with Crippen molar-refractivity contribution in [1.82, 2.24) is 4.90 Å². The number of benzene rings is 2. The van der Waals surface area contributed by atoms with Crippen molar-refractivity contribution in [3.63, 3.8) is 0 Å². The number of carbonyl (C=O) groups is 1. The van der Waals surface area contributed by atoms with Crippen molar-refractivity contribution in [2.75, 3.05) is 6.54 Å². The molecule has 24 heavy (non-hydrogen) atoms. The quantitative estimate of drug-likeness (QED) is 0.761. The fraction of sp³-hybridized carbons (Fsp3) is 0.409. The molecule has 0 unspecified atom stereocenters. The lowest BCUT2D eigenvalue weighted by Gasteiger charge is -2.44. The summed E-state index contributed by atoms with van der Waals surface area (Å²) < 4.78 is 0. The molecule has 2 aromatic rings. The summed E-state index contributed by atoms with van der Waals surface area (Å²) in [5.74, 6) is 0.865. The molecule has 2 aliphatic rings. The van der Waals surface area contributed by atoms with Gasteiger partial charge in [-0.1, -0.05) is 73.5 Å². The van der Waals surface area contributed by atoms with Crippen molar-refractivity contribution in [3.05, 3.63) is 71.8 Å². The predicted molar refractivity (Wildman–Crippen MR) is 96.9 cm³/mol. The van der Waals surface area contributed by atoms with Crippen molar-refractivity contribution < 1.29 is 4.79 Å². The highest BCUT2D eigenvalue weighted by Crippen LogP contribution is 2.47. The monoisotopic (exact) mass is 319 g/mol. The third-order valence-electron chi connectivity index (χ3n) is 5.99. The molecule has 124 valence electrons. The summed E-state index contributed by atoms with van der Waals surface area (Å²) in [6.07, 6.45) is 5.81. The first-order valence-electron chi connectivity index (χ1n) is 9.19. The molecule has 2 heteroatoms. The van der Waals surface area contributed by atoms with Gasteiger partial charge in [0, 0.05) is 12.1 Å². The van der Waals surface area contributed by atoms with Gasteiger partial charge < -0.3 is 0 Å². The van der Waals surface area contributed by atoms with Crippen LogP contribution in [0.3, 0.4) is 0 Å². The lowest BCUT2D eigenvalue weighted by molar-refractivity contribution is 0.0404. The minimum atomic E-state index is -0.282. The Hall–Kier alpha value is -1.93. The maximum absolute atomic E-state index is 13.6. The Morgan fingerprint density at radius 1 is 0.958 bits per heavy atom. The SMILES string of the molecule is O=C(c1ccccc1)[C@]12CCCC[C@H]1CCN2Cc1ccccc1. The van der Waals surface area contributed by atoms with Gasteiger partial charge in [0.2, 0.25) is 0 Å². The number of ketones is 1. The lowest BCUT2D eigenvalue weighted by atomic mass is 9.69. The third kappa shape index (κ3) is 2.59. The largest absolute Gasteiger partial charge is 0.292 e. The lowest BCUT2D eigenvalue weighted by Crippen LogP contribution is -2.55. The average Bonchev–Trinajstić information content (AvgIpc) is 3.02. The van der Waals surface area contributed by atoms with Crippen molar-refractivity contribution in [3.8, 4) is 0 Å². The van der Waals surface area contributed by atoms with Gasteiger partial charge in [-0.25, -0.2) is 0 Å². The Labute approximate surface area is 144 Å². The maximum Gasteiger partial charge on any atom is 0.183 e. The molecule has 1 aliphatic carbocycles. The first kappa shape index (κ1) is 15.6. The van der Waals surface area contributed by atoms with E-state index < -0.39 is 0 Å². The molecule has 0 aromatic heterocycles. The van der Waals surface area contributed by atoms with Crippen LogP contribution in [0.2, 0.25) is 0 Å². The second-order valence-electron chi connectivity index (χ2n) is 7.26. The molecule has 4 rings (SSSR count). The predicted octanol–water partition coefficient (Wildman–Crippen LogP) is 4.70. The smallest absolute Gasteiger partial charge is 0.183 e. The van der Waals surface area contributed by atoms with E-state index in [2.05, 4.69) is 35.2 Å². The molecule has 2 nitrogen and oxygen atoms in total. The van der Waals surface area contributed by atoms with Crippen LogP contribution in [0.5, 0.6) is 0 Å². The first-order valence-corrected chi connectivity index (χ1v) is 9.19. The molecule has 2 atom stereocenters. The van der Waals surface area contributed by atoms with E-state index in [1.54, 1.807) is 0 Å². The molecule has 1 aliphatic heterocycles. The number of fused-ring (bicyclic) bond motifs is 1. The minimum Gasteiger partial charge on any atom is -0.292 e. The second kappa shape index (κ2) is 6.52. The molecule has 1 heterocycles. The van der Waals surface area contributed by atoms with Crippen molar-refractivity contribution in [2.24, 2.45) is 5.92 Å². The number of rotatable bonds is 4. The molecule has 1 saturated carbocycles. The van der Waals surface area contributed by atoms with Crippen LogP contribution in [0, 0.1) is 5.92 Å². The van der Waals surface area contributed by atoms with Gasteiger partial charge in [-0.2, -0.15) is 0 Å². The molecule has 0 N–H and O–H groups in total. The summed E-state index contributed by atoms with van der Waals surface area (Å²) in [7, 11) is 0.